The minimum absolute atomic E-state index is 0.197. The van der Waals surface area contributed by atoms with E-state index in [9.17, 15) is 4.79 Å². The topological polar surface area (TPSA) is 29.1 Å². The van der Waals surface area contributed by atoms with Gasteiger partial charge in [-0.3, -0.25) is 4.79 Å². The monoisotopic (exact) mass is 389 g/mol. The highest BCUT2D eigenvalue weighted by molar-refractivity contribution is 14.1. The number of carbonyl (C=O) groups is 1. The fraction of sp³-hybridized carbons (Fsp3) is 0.167. The van der Waals surface area contributed by atoms with Gasteiger partial charge in [0.05, 0.1) is 0 Å². The zero-order valence-electron chi connectivity index (χ0n) is 11.6. The molecule has 0 spiro atoms. The lowest BCUT2D eigenvalue weighted by Gasteiger charge is -2.23. The Morgan fingerprint density at radius 2 is 1.67 bits per heavy atom. The highest BCUT2D eigenvalue weighted by Gasteiger charge is 2.22. The van der Waals surface area contributed by atoms with Crippen LogP contribution < -0.4 is 5.32 Å². The molecule has 21 heavy (non-hydrogen) atoms. The maximum absolute atomic E-state index is 12.0. The molecule has 1 atom stereocenters. The van der Waals surface area contributed by atoms with E-state index in [4.69, 9.17) is 0 Å². The van der Waals surface area contributed by atoms with Crippen LogP contribution in [0.2, 0.25) is 0 Å². The fourth-order valence-electron chi connectivity index (χ4n) is 2.66. The van der Waals surface area contributed by atoms with Gasteiger partial charge in [-0.05, 0) is 64.8 Å². The minimum Gasteiger partial charge on any atom is -0.359 e. The zero-order chi connectivity index (χ0) is 14.7. The smallest absolute Gasteiger partial charge is 0.158 e. The Labute approximate surface area is 138 Å². The van der Waals surface area contributed by atoms with E-state index >= 15 is 0 Å². The van der Waals surface area contributed by atoms with Crippen LogP contribution in [0.5, 0.6) is 0 Å². The Kier molecular flexibility index (Phi) is 4.39. The van der Waals surface area contributed by atoms with Crippen molar-refractivity contribution in [3.8, 4) is 0 Å². The van der Waals surface area contributed by atoms with Gasteiger partial charge < -0.3 is 5.32 Å². The second-order valence-corrected chi connectivity index (χ2v) is 6.53. The van der Waals surface area contributed by atoms with E-state index < -0.39 is 0 Å². The van der Waals surface area contributed by atoms with Gasteiger partial charge in [0.25, 0.3) is 0 Å². The number of nitrogens with one attached hydrogen (secondary N) is 1. The van der Waals surface area contributed by atoms with Gasteiger partial charge in [-0.15, -0.1) is 0 Å². The number of rotatable bonds is 3. The minimum atomic E-state index is 0.197. The number of carbonyl (C=O) groups excluding carboxylic acids is 1. The van der Waals surface area contributed by atoms with Gasteiger partial charge in [0.2, 0.25) is 0 Å². The quantitative estimate of drug-likeness (QED) is 0.769. The lowest BCUT2D eigenvalue weighted by Crippen LogP contribution is -2.16. The van der Waals surface area contributed by atoms with Crippen LogP contribution in [0, 0.1) is 3.57 Å². The van der Waals surface area contributed by atoms with E-state index in [1.165, 1.54) is 9.13 Å². The molecule has 3 heteroatoms. The van der Waals surface area contributed by atoms with Gasteiger partial charge in [-0.1, -0.05) is 30.3 Å². The van der Waals surface area contributed by atoms with Crippen LogP contribution in [0.15, 0.2) is 66.4 Å². The van der Waals surface area contributed by atoms with Gasteiger partial charge in [0.1, 0.15) is 0 Å². The lowest BCUT2D eigenvalue weighted by atomic mass is 9.85. The molecule has 2 aromatic rings. The molecule has 0 heterocycles. The molecule has 0 fully saturated rings. The summed E-state index contributed by atoms with van der Waals surface area (Å²) >= 11 is 2.28. The summed E-state index contributed by atoms with van der Waals surface area (Å²) in [6.07, 6.45) is 3.22. The first-order valence-electron chi connectivity index (χ1n) is 7.01. The molecule has 0 amide bonds. The number of hydrogen-bond donors (Lipinski definition) is 1. The fourth-order valence-corrected chi connectivity index (χ4v) is 3.02. The van der Waals surface area contributed by atoms with Crippen LogP contribution in [-0.4, -0.2) is 5.78 Å². The number of halogens is 1. The van der Waals surface area contributed by atoms with Crippen molar-refractivity contribution in [3.05, 3.63) is 75.5 Å². The summed E-state index contributed by atoms with van der Waals surface area (Å²) < 4.78 is 1.20. The van der Waals surface area contributed by atoms with Gasteiger partial charge in [0, 0.05) is 27.5 Å². The van der Waals surface area contributed by atoms with E-state index in [1.807, 2.05) is 30.3 Å². The predicted molar refractivity (Wildman–Crippen MR) is 94.3 cm³/mol. The Balaban J connectivity index is 1.76. The van der Waals surface area contributed by atoms with Crippen molar-refractivity contribution in [3.63, 3.8) is 0 Å². The van der Waals surface area contributed by atoms with Crippen LogP contribution in [-0.2, 0) is 4.79 Å². The second-order valence-electron chi connectivity index (χ2n) is 5.28. The zero-order valence-corrected chi connectivity index (χ0v) is 13.7. The van der Waals surface area contributed by atoms with Crippen molar-refractivity contribution in [1.29, 1.82) is 0 Å². The van der Waals surface area contributed by atoms with Crippen LogP contribution >= 0.6 is 22.6 Å². The Morgan fingerprint density at radius 3 is 2.38 bits per heavy atom. The molecule has 0 saturated heterocycles. The maximum Gasteiger partial charge on any atom is 0.158 e. The van der Waals surface area contributed by atoms with E-state index in [-0.39, 0.29) is 11.7 Å². The molecule has 0 saturated carbocycles. The third-order valence-corrected chi connectivity index (χ3v) is 4.39. The van der Waals surface area contributed by atoms with Crippen molar-refractivity contribution < 1.29 is 4.79 Å². The van der Waals surface area contributed by atoms with Crippen LogP contribution in [0.1, 0.15) is 24.3 Å². The average molecular weight is 389 g/mol. The third-order valence-electron chi connectivity index (χ3n) is 3.67. The summed E-state index contributed by atoms with van der Waals surface area (Å²) in [6.45, 7) is 0. The normalized spacial score (nSPS) is 18.2. The molecule has 0 bridgehead atoms. The molecular formula is C18H16INO. The number of ketones is 1. The Bertz CT molecular complexity index is 661. The number of benzene rings is 2. The molecule has 0 aliphatic heterocycles. The molecule has 0 radical (unpaired) electrons. The largest absolute Gasteiger partial charge is 0.359 e. The first-order chi connectivity index (χ1) is 10.2. The first kappa shape index (κ1) is 14.3. The molecule has 1 aliphatic rings. The van der Waals surface area contributed by atoms with Crippen molar-refractivity contribution >= 4 is 34.1 Å². The number of hydrogen-bond acceptors (Lipinski definition) is 2. The van der Waals surface area contributed by atoms with Crippen molar-refractivity contribution in [2.45, 2.75) is 18.8 Å². The number of allylic oxidation sites excluding steroid dienone is 2. The van der Waals surface area contributed by atoms with Gasteiger partial charge in [0.15, 0.2) is 5.78 Å². The van der Waals surface area contributed by atoms with Gasteiger partial charge in [-0.2, -0.15) is 0 Å². The van der Waals surface area contributed by atoms with Gasteiger partial charge in [-0.25, -0.2) is 0 Å². The molecule has 1 N–H and O–H groups in total. The SMILES string of the molecule is O=C1C=C(Nc2ccc(I)cc2)CC(c2ccccc2)C1. The van der Waals surface area contributed by atoms with E-state index in [0.717, 1.165) is 17.8 Å². The summed E-state index contributed by atoms with van der Waals surface area (Å²) in [5.74, 6) is 0.471. The van der Waals surface area contributed by atoms with Crippen LogP contribution in [0.3, 0.4) is 0 Å². The predicted octanol–water partition coefficient (Wildman–Crippen LogP) is 4.73. The second kappa shape index (κ2) is 6.43. The molecule has 1 unspecified atom stereocenters. The Morgan fingerprint density at radius 1 is 0.952 bits per heavy atom. The van der Waals surface area contributed by atoms with E-state index in [0.29, 0.717) is 6.42 Å². The summed E-state index contributed by atoms with van der Waals surface area (Å²) in [6, 6.07) is 18.5. The molecule has 1 aliphatic carbocycles. The summed E-state index contributed by atoms with van der Waals surface area (Å²) in [4.78, 5) is 12.0. The first-order valence-corrected chi connectivity index (χ1v) is 8.09. The standard InChI is InChI=1S/C18H16INO/c19-15-6-8-16(9-7-15)20-17-10-14(11-18(21)12-17)13-4-2-1-3-5-13/h1-9,12,14,20H,10-11H2. The summed E-state index contributed by atoms with van der Waals surface area (Å²) in [5.41, 5.74) is 3.27. The average Bonchev–Trinajstić information content (AvgIpc) is 2.50. The van der Waals surface area contributed by atoms with E-state index in [2.05, 4.69) is 52.2 Å². The van der Waals surface area contributed by atoms with Crippen LogP contribution in [0.4, 0.5) is 5.69 Å². The van der Waals surface area contributed by atoms with Crippen molar-refractivity contribution in [1.82, 2.24) is 0 Å². The maximum atomic E-state index is 12.0. The molecule has 0 aromatic heterocycles. The van der Waals surface area contributed by atoms with E-state index in [1.54, 1.807) is 6.08 Å². The van der Waals surface area contributed by atoms with Crippen molar-refractivity contribution in [2.24, 2.45) is 0 Å². The highest BCUT2D eigenvalue weighted by Crippen LogP contribution is 2.31. The Hall–Kier alpha value is -1.62. The third kappa shape index (κ3) is 3.73. The van der Waals surface area contributed by atoms with Crippen molar-refractivity contribution in [2.75, 3.05) is 5.32 Å². The molecule has 3 rings (SSSR count). The molecule has 106 valence electrons. The molecular weight excluding hydrogens is 373 g/mol. The summed E-state index contributed by atoms with van der Waals surface area (Å²) in [5, 5.41) is 3.38. The highest BCUT2D eigenvalue weighted by atomic mass is 127. The number of anilines is 1. The molecule has 2 aromatic carbocycles. The lowest BCUT2D eigenvalue weighted by molar-refractivity contribution is -0.115. The summed E-state index contributed by atoms with van der Waals surface area (Å²) in [7, 11) is 0. The van der Waals surface area contributed by atoms with Crippen LogP contribution in [0.25, 0.3) is 0 Å². The molecule has 2 nitrogen and oxygen atoms in total. The van der Waals surface area contributed by atoms with Gasteiger partial charge >= 0.3 is 0 Å².